The maximum atomic E-state index is 4.55. The van der Waals surface area contributed by atoms with Crippen molar-refractivity contribution in [3.05, 3.63) is 114 Å². The average Bonchev–Trinajstić information content (AvgIpc) is 3.18. The first-order valence-electron chi connectivity index (χ1n) is 9.52. The number of hydrogen-bond donors (Lipinski definition) is 0. The molecular weight excluding hydrogens is 344 g/mol. The lowest BCUT2D eigenvalue weighted by atomic mass is 10.2. The number of benzene rings is 1. The van der Waals surface area contributed by atoms with Gasteiger partial charge >= 0.3 is 0 Å². The molecule has 0 saturated heterocycles. The number of aromatic nitrogens is 3. The molecule has 0 aliphatic rings. The SMILES string of the molecule is Cc1ccnc(-n2cccc2CN(Cc2ccccc2)Cc2ccncc2)c1. The highest BCUT2D eigenvalue weighted by molar-refractivity contribution is 5.31. The van der Waals surface area contributed by atoms with Crippen molar-refractivity contribution < 1.29 is 0 Å². The van der Waals surface area contributed by atoms with Gasteiger partial charge in [-0.1, -0.05) is 30.3 Å². The van der Waals surface area contributed by atoms with E-state index >= 15 is 0 Å². The molecule has 0 N–H and O–H groups in total. The third-order valence-corrected chi connectivity index (χ3v) is 4.77. The van der Waals surface area contributed by atoms with Crippen LogP contribution in [0.1, 0.15) is 22.4 Å². The first-order valence-corrected chi connectivity index (χ1v) is 9.52. The highest BCUT2D eigenvalue weighted by Crippen LogP contribution is 2.17. The summed E-state index contributed by atoms with van der Waals surface area (Å²) in [5.41, 5.74) is 5.01. The van der Waals surface area contributed by atoms with E-state index in [9.17, 15) is 0 Å². The van der Waals surface area contributed by atoms with E-state index in [4.69, 9.17) is 0 Å². The minimum absolute atomic E-state index is 0.833. The predicted octanol–water partition coefficient (Wildman–Crippen LogP) is 4.78. The van der Waals surface area contributed by atoms with Gasteiger partial charge in [0, 0.05) is 50.1 Å². The fraction of sp³-hybridized carbons (Fsp3) is 0.167. The van der Waals surface area contributed by atoms with Gasteiger partial charge in [-0.2, -0.15) is 0 Å². The molecule has 0 spiro atoms. The molecule has 0 bridgehead atoms. The molecule has 3 aromatic heterocycles. The molecule has 0 atom stereocenters. The zero-order valence-electron chi connectivity index (χ0n) is 16.1. The summed E-state index contributed by atoms with van der Waals surface area (Å²) in [5, 5.41) is 0. The maximum Gasteiger partial charge on any atom is 0.137 e. The van der Waals surface area contributed by atoms with Gasteiger partial charge in [0.2, 0.25) is 0 Å². The van der Waals surface area contributed by atoms with Crippen LogP contribution in [0.3, 0.4) is 0 Å². The average molecular weight is 368 g/mol. The Bertz CT molecular complexity index is 967. The Morgan fingerprint density at radius 2 is 1.54 bits per heavy atom. The predicted molar refractivity (Wildman–Crippen MR) is 112 cm³/mol. The molecule has 0 amide bonds. The van der Waals surface area contributed by atoms with E-state index in [0.717, 1.165) is 25.5 Å². The van der Waals surface area contributed by atoms with Crippen LogP contribution in [0.4, 0.5) is 0 Å². The Labute approximate surface area is 166 Å². The second-order valence-corrected chi connectivity index (χ2v) is 7.05. The molecule has 4 aromatic rings. The zero-order valence-corrected chi connectivity index (χ0v) is 16.1. The smallest absolute Gasteiger partial charge is 0.137 e. The van der Waals surface area contributed by atoms with Crippen LogP contribution in [-0.4, -0.2) is 19.4 Å². The number of hydrogen-bond acceptors (Lipinski definition) is 3. The van der Waals surface area contributed by atoms with Gasteiger partial charge in [0.1, 0.15) is 5.82 Å². The number of pyridine rings is 2. The van der Waals surface area contributed by atoms with Crippen molar-refractivity contribution in [1.82, 2.24) is 19.4 Å². The molecule has 3 heterocycles. The van der Waals surface area contributed by atoms with Crippen molar-refractivity contribution in [2.45, 2.75) is 26.6 Å². The molecule has 4 nitrogen and oxygen atoms in total. The van der Waals surface area contributed by atoms with Crippen molar-refractivity contribution in [2.75, 3.05) is 0 Å². The highest BCUT2D eigenvalue weighted by atomic mass is 15.2. The maximum absolute atomic E-state index is 4.55. The van der Waals surface area contributed by atoms with Gasteiger partial charge in [-0.15, -0.1) is 0 Å². The molecule has 0 aliphatic carbocycles. The van der Waals surface area contributed by atoms with Crippen LogP contribution >= 0.6 is 0 Å². The van der Waals surface area contributed by atoms with Crippen molar-refractivity contribution in [2.24, 2.45) is 0 Å². The van der Waals surface area contributed by atoms with E-state index in [1.54, 1.807) is 0 Å². The fourth-order valence-electron chi connectivity index (χ4n) is 3.41. The number of rotatable bonds is 7. The summed E-state index contributed by atoms with van der Waals surface area (Å²) in [6, 6.07) is 23.2. The monoisotopic (exact) mass is 368 g/mol. The molecule has 0 saturated carbocycles. The van der Waals surface area contributed by atoms with Gasteiger partial charge < -0.3 is 4.57 Å². The van der Waals surface area contributed by atoms with Crippen LogP contribution in [0.2, 0.25) is 0 Å². The number of nitrogens with zero attached hydrogens (tertiary/aromatic N) is 4. The summed E-state index contributed by atoms with van der Waals surface area (Å²) in [6.45, 7) is 4.68. The molecule has 4 rings (SSSR count). The van der Waals surface area contributed by atoms with Crippen LogP contribution in [-0.2, 0) is 19.6 Å². The summed E-state index contributed by atoms with van der Waals surface area (Å²) in [6.07, 6.45) is 7.67. The molecule has 140 valence electrons. The number of aryl methyl sites for hydroxylation is 1. The highest BCUT2D eigenvalue weighted by Gasteiger charge is 2.12. The quantitative estimate of drug-likeness (QED) is 0.471. The van der Waals surface area contributed by atoms with Crippen molar-refractivity contribution in [1.29, 1.82) is 0 Å². The van der Waals surface area contributed by atoms with E-state index in [2.05, 4.69) is 93.2 Å². The topological polar surface area (TPSA) is 34.0 Å². The molecule has 1 aromatic carbocycles. The van der Waals surface area contributed by atoms with Crippen molar-refractivity contribution >= 4 is 0 Å². The lowest BCUT2D eigenvalue weighted by molar-refractivity contribution is 0.243. The van der Waals surface area contributed by atoms with E-state index < -0.39 is 0 Å². The summed E-state index contributed by atoms with van der Waals surface area (Å²) in [7, 11) is 0. The Morgan fingerprint density at radius 3 is 2.29 bits per heavy atom. The normalized spacial score (nSPS) is 11.1. The molecule has 0 unspecified atom stereocenters. The molecule has 0 fully saturated rings. The van der Waals surface area contributed by atoms with E-state index in [1.165, 1.54) is 22.4 Å². The Balaban J connectivity index is 1.60. The Kier molecular flexibility index (Phi) is 5.59. The third-order valence-electron chi connectivity index (χ3n) is 4.77. The van der Waals surface area contributed by atoms with Crippen LogP contribution in [0.25, 0.3) is 5.82 Å². The minimum Gasteiger partial charge on any atom is -0.304 e. The van der Waals surface area contributed by atoms with Gasteiger partial charge in [-0.25, -0.2) is 4.98 Å². The van der Waals surface area contributed by atoms with Crippen LogP contribution in [0, 0.1) is 6.92 Å². The van der Waals surface area contributed by atoms with Gasteiger partial charge in [0.05, 0.1) is 0 Å². The fourth-order valence-corrected chi connectivity index (χ4v) is 3.41. The van der Waals surface area contributed by atoms with Crippen LogP contribution < -0.4 is 0 Å². The Hall–Kier alpha value is -3.24. The molecule has 4 heteroatoms. The zero-order chi connectivity index (χ0) is 19.2. The first-order chi connectivity index (χ1) is 13.8. The third kappa shape index (κ3) is 4.53. The summed E-state index contributed by atoms with van der Waals surface area (Å²) < 4.78 is 2.18. The standard InChI is InChI=1S/C24H24N4/c1-20-9-14-26-24(16-20)28-15-5-8-23(28)19-27(17-21-6-3-2-4-7-21)18-22-10-12-25-13-11-22/h2-16H,17-19H2,1H3. The van der Waals surface area contributed by atoms with Crippen LogP contribution in [0.15, 0.2) is 91.5 Å². The van der Waals surface area contributed by atoms with E-state index in [1.807, 2.05) is 24.7 Å². The van der Waals surface area contributed by atoms with Gasteiger partial charge in [0.25, 0.3) is 0 Å². The van der Waals surface area contributed by atoms with E-state index in [-0.39, 0.29) is 0 Å². The first kappa shape index (κ1) is 18.1. The lowest BCUT2D eigenvalue weighted by Gasteiger charge is -2.23. The molecule has 28 heavy (non-hydrogen) atoms. The van der Waals surface area contributed by atoms with Gasteiger partial charge in [-0.05, 0) is 60.0 Å². The second kappa shape index (κ2) is 8.63. The largest absolute Gasteiger partial charge is 0.304 e. The van der Waals surface area contributed by atoms with Crippen molar-refractivity contribution in [3.63, 3.8) is 0 Å². The second-order valence-electron chi connectivity index (χ2n) is 7.05. The molecule has 0 radical (unpaired) electrons. The Morgan fingerprint density at radius 1 is 0.786 bits per heavy atom. The summed E-state index contributed by atoms with van der Waals surface area (Å²) in [4.78, 5) is 11.1. The molecule has 0 aliphatic heterocycles. The van der Waals surface area contributed by atoms with Crippen LogP contribution in [0.5, 0.6) is 0 Å². The minimum atomic E-state index is 0.833. The van der Waals surface area contributed by atoms with Crippen molar-refractivity contribution in [3.8, 4) is 5.82 Å². The van der Waals surface area contributed by atoms with Gasteiger partial charge in [-0.3, -0.25) is 9.88 Å². The summed E-state index contributed by atoms with van der Waals surface area (Å²) in [5.74, 6) is 0.962. The lowest BCUT2D eigenvalue weighted by Crippen LogP contribution is -2.23. The summed E-state index contributed by atoms with van der Waals surface area (Å²) >= 11 is 0. The van der Waals surface area contributed by atoms with Gasteiger partial charge in [0.15, 0.2) is 0 Å². The molecular formula is C24H24N4. The van der Waals surface area contributed by atoms with E-state index in [0.29, 0.717) is 0 Å².